The number of nitrogens with one attached hydrogen (secondary N) is 1. The minimum absolute atomic E-state index is 0.143. The molecule has 0 aromatic heterocycles. The van der Waals surface area contributed by atoms with E-state index in [9.17, 15) is 18.1 Å². The van der Waals surface area contributed by atoms with Crippen LogP contribution in [0.2, 0.25) is 0 Å². The van der Waals surface area contributed by atoms with Crippen molar-refractivity contribution in [1.29, 1.82) is 0 Å². The maximum Gasteiger partial charge on any atom is 0.117 e. The van der Waals surface area contributed by atoms with Crippen molar-refractivity contribution in [3.8, 4) is 5.75 Å². The molecule has 1 aromatic rings. The van der Waals surface area contributed by atoms with Gasteiger partial charge in [0.2, 0.25) is 0 Å². The first-order valence-corrected chi connectivity index (χ1v) is 6.43. The maximum absolute atomic E-state index is 10.3. The molecule has 0 aliphatic carbocycles. The van der Waals surface area contributed by atoms with Gasteiger partial charge >= 0.3 is 0 Å². The molecule has 0 amide bonds. The molecule has 0 aliphatic heterocycles. The van der Waals surface area contributed by atoms with Crippen LogP contribution in [0.3, 0.4) is 0 Å². The number of hydrogen-bond donors (Lipinski definition) is 2. The van der Waals surface area contributed by atoms with Gasteiger partial charge in [-0.15, -0.1) is 0 Å². The second kappa shape index (κ2) is 5.18. The van der Waals surface area contributed by atoms with Gasteiger partial charge in [-0.3, -0.25) is 0 Å². The predicted molar refractivity (Wildman–Crippen MR) is 60.5 cm³/mol. The van der Waals surface area contributed by atoms with Crippen LogP contribution in [0.4, 0.5) is 5.69 Å². The number of phenolic OH excluding ortho intramolecular Hbond substituents is 1. The van der Waals surface area contributed by atoms with Gasteiger partial charge in [0.1, 0.15) is 5.75 Å². The molecule has 0 saturated carbocycles. The van der Waals surface area contributed by atoms with Crippen LogP contribution in [0.1, 0.15) is 12.0 Å². The Bertz CT molecular complexity index is 456. The zero-order chi connectivity index (χ0) is 12.2. The first-order valence-electron chi connectivity index (χ1n) is 4.85. The van der Waals surface area contributed by atoms with Gasteiger partial charge in [-0.2, -0.15) is 0 Å². The third kappa shape index (κ3) is 4.50. The van der Waals surface area contributed by atoms with Crippen LogP contribution in [-0.2, 0) is 10.1 Å². The summed E-state index contributed by atoms with van der Waals surface area (Å²) >= 11 is 0. The number of aromatic hydroxyl groups is 1. The van der Waals surface area contributed by atoms with Gasteiger partial charge in [0, 0.05) is 24.1 Å². The SMILES string of the molecule is Cc1ccc(O)cc1NCCCS(=O)(=O)[O-]. The highest BCUT2D eigenvalue weighted by Gasteiger charge is 2.00. The minimum Gasteiger partial charge on any atom is -0.748 e. The normalized spacial score (nSPS) is 11.4. The monoisotopic (exact) mass is 244 g/mol. The molecule has 1 rings (SSSR count). The average Bonchev–Trinajstić information content (AvgIpc) is 2.16. The number of anilines is 1. The van der Waals surface area contributed by atoms with Crippen molar-refractivity contribution in [3.63, 3.8) is 0 Å². The molecule has 1 aromatic carbocycles. The molecule has 2 N–H and O–H groups in total. The third-order valence-electron chi connectivity index (χ3n) is 2.11. The molecule has 16 heavy (non-hydrogen) atoms. The topological polar surface area (TPSA) is 89.5 Å². The molecule has 0 saturated heterocycles. The number of phenols is 1. The molecule has 6 heteroatoms. The molecule has 0 unspecified atom stereocenters. The van der Waals surface area contributed by atoms with Gasteiger partial charge < -0.3 is 15.0 Å². The second-order valence-electron chi connectivity index (χ2n) is 3.54. The highest BCUT2D eigenvalue weighted by Crippen LogP contribution is 2.20. The summed E-state index contributed by atoms with van der Waals surface area (Å²) in [4.78, 5) is 0. The lowest BCUT2D eigenvalue weighted by molar-refractivity contribution is 0.461. The summed E-state index contributed by atoms with van der Waals surface area (Å²) in [7, 11) is -4.14. The van der Waals surface area contributed by atoms with Gasteiger partial charge in [0.25, 0.3) is 0 Å². The number of benzene rings is 1. The Balaban J connectivity index is 2.46. The Hall–Kier alpha value is -1.27. The standard InChI is InChI=1S/C10H15NO4S/c1-8-3-4-9(12)7-10(8)11-5-2-6-16(13,14)15/h3-4,7,11-12H,2,5-6H2,1H3,(H,13,14,15)/p-1. The van der Waals surface area contributed by atoms with Crippen molar-refractivity contribution in [2.75, 3.05) is 17.6 Å². The maximum atomic E-state index is 10.3. The van der Waals surface area contributed by atoms with E-state index >= 15 is 0 Å². The zero-order valence-corrected chi connectivity index (χ0v) is 9.75. The quantitative estimate of drug-likeness (QED) is 0.597. The molecule has 0 radical (unpaired) electrons. The highest BCUT2D eigenvalue weighted by atomic mass is 32.2. The van der Waals surface area contributed by atoms with E-state index in [1.54, 1.807) is 18.2 Å². The fourth-order valence-corrected chi connectivity index (χ4v) is 1.77. The van der Waals surface area contributed by atoms with E-state index < -0.39 is 10.1 Å². The smallest absolute Gasteiger partial charge is 0.117 e. The molecule has 0 atom stereocenters. The summed E-state index contributed by atoms with van der Waals surface area (Å²) in [5.41, 5.74) is 1.69. The largest absolute Gasteiger partial charge is 0.748 e. The van der Waals surface area contributed by atoms with Crippen LogP contribution in [-0.4, -0.2) is 30.4 Å². The molecule has 0 bridgehead atoms. The van der Waals surface area contributed by atoms with Crippen LogP contribution in [0.25, 0.3) is 0 Å². The molecule has 90 valence electrons. The summed E-state index contributed by atoms with van der Waals surface area (Å²) in [5.74, 6) is -0.234. The number of rotatable bonds is 5. The lowest BCUT2D eigenvalue weighted by Gasteiger charge is -2.11. The Morgan fingerprint density at radius 2 is 2.12 bits per heavy atom. The Kier molecular flexibility index (Phi) is 4.14. The Labute approximate surface area is 94.9 Å². The van der Waals surface area contributed by atoms with E-state index in [4.69, 9.17) is 0 Å². The van der Waals surface area contributed by atoms with Gasteiger partial charge in [-0.25, -0.2) is 8.42 Å². The van der Waals surface area contributed by atoms with Crippen molar-refractivity contribution in [1.82, 2.24) is 0 Å². The van der Waals surface area contributed by atoms with Crippen molar-refractivity contribution >= 4 is 15.8 Å². The summed E-state index contributed by atoms with van der Waals surface area (Å²) in [6.07, 6.45) is 0.251. The van der Waals surface area contributed by atoms with E-state index in [1.807, 2.05) is 6.92 Å². The van der Waals surface area contributed by atoms with Crippen molar-refractivity contribution in [3.05, 3.63) is 23.8 Å². The van der Waals surface area contributed by atoms with E-state index in [2.05, 4.69) is 5.32 Å². The Morgan fingerprint density at radius 3 is 2.75 bits per heavy atom. The van der Waals surface area contributed by atoms with Crippen LogP contribution < -0.4 is 5.32 Å². The van der Waals surface area contributed by atoms with Crippen molar-refractivity contribution in [2.24, 2.45) is 0 Å². The van der Waals surface area contributed by atoms with Crippen LogP contribution in [0.5, 0.6) is 5.75 Å². The van der Waals surface area contributed by atoms with Crippen LogP contribution >= 0.6 is 0 Å². The first-order chi connectivity index (χ1) is 7.38. The molecular weight excluding hydrogens is 230 g/mol. The average molecular weight is 244 g/mol. The molecule has 0 heterocycles. The fourth-order valence-electron chi connectivity index (χ4n) is 1.27. The lowest BCUT2D eigenvalue weighted by atomic mass is 10.2. The van der Waals surface area contributed by atoms with Gasteiger partial charge in [0.05, 0.1) is 10.1 Å². The highest BCUT2D eigenvalue weighted by molar-refractivity contribution is 7.85. The van der Waals surface area contributed by atoms with E-state index in [0.717, 1.165) is 11.3 Å². The van der Waals surface area contributed by atoms with Gasteiger partial charge in [0.15, 0.2) is 0 Å². The van der Waals surface area contributed by atoms with Crippen molar-refractivity contribution < 1.29 is 18.1 Å². The molecule has 0 fully saturated rings. The molecule has 0 spiro atoms. The Morgan fingerprint density at radius 1 is 1.44 bits per heavy atom. The third-order valence-corrected chi connectivity index (χ3v) is 2.90. The predicted octanol–water partition coefficient (Wildman–Crippen LogP) is 1.05. The lowest BCUT2D eigenvalue weighted by Crippen LogP contribution is -2.10. The van der Waals surface area contributed by atoms with E-state index in [1.165, 1.54) is 0 Å². The molecule has 0 aliphatic rings. The van der Waals surface area contributed by atoms with Crippen LogP contribution in [0.15, 0.2) is 18.2 Å². The van der Waals surface area contributed by atoms with Crippen molar-refractivity contribution in [2.45, 2.75) is 13.3 Å². The van der Waals surface area contributed by atoms with Gasteiger partial charge in [-0.05, 0) is 25.0 Å². The molecular formula is C10H14NO4S-. The van der Waals surface area contributed by atoms with Crippen LogP contribution in [0, 0.1) is 6.92 Å². The minimum atomic E-state index is -4.14. The fraction of sp³-hybridized carbons (Fsp3) is 0.400. The summed E-state index contributed by atoms with van der Waals surface area (Å²) in [5, 5.41) is 12.2. The first kappa shape index (κ1) is 12.8. The number of aryl methyl sites for hydroxylation is 1. The summed E-state index contributed by atoms with van der Waals surface area (Å²) < 4.78 is 31.0. The van der Waals surface area contributed by atoms with E-state index in [-0.39, 0.29) is 17.9 Å². The number of hydrogen-bond acceptors (Lipinski definition) is 5. The zero-order valence-electron chi connectivity index (χ0n) is 8.93. The summed E-state index contributed by atoms with van der Waals surface area (Å²) in [6.45, 7) is 2.25. The summed E-state index contributed by atoms with van der Waals surface area (Å²) in [6, 6.07) is 4.88. The van der Waals surface area contributed by atoms with E-state index in [0.29, 0.717) is 6.54 Å². The van der Waals surface area contributed by atoms with Gasteiger partial charge in [-0.1, -0.05) is 6.07 Å². The molecule has 5 nitrogen and oxygen atoms in total. The second-order valence-corrected chi connectivity index (χ2v) is 5.06.